The maximum Gasteiger partial charge on any atom is 0.161 e. The fourth-order valence-corrected chi connectivity index (χ4v) is 1.36. The van der Waals surface area contributed by atoms with Gasteiger partial charge < -0.3 is 9.47 Å². The zero-order chi connectivity index (χ0) is 11.1. The second kappa shape index (κ2) is 6.12. The third-order valence-corrected chi connectivity index (χ3v) is 1.93. The van der Waals surface area contributed by atoms with E-state index in [0.717, 1.165) is 17.1 Å². The molecular formula is C13H18O2. The van der Waals surface area contributed by atoms with Crippen LogP contribution < -0.4 is 9.47 Å². The first-order valence-corrected chi connectivity index (χ1v) is 5.34. The van der Waals surface area contributed by atoms with Crippen molar-refractivity contribution in [1.29, 1.82) is 0 Å². The summed E-state index contributed by atoms with van der Waals surface area (Å²) in [6, 6.07) is 5.96. The highest BCUT2D eigenvalue weighted by Crippen LogP contribution is 2.28. The van der Waals surface area contributed by atoms with Crippen LogP contribution in [0.2, 0.25) is 0 Å². The summed E-state index contributed by atoms with van der Waals surface area (Å²) < 4.78 is 11.0. The van der Waals surface area contributed by atoms with Crippen LogP contribution in [0.25, 0.3) is 6.08 Å². The number of allylic oxidation sites excluding steroid dienone is 1. The Hall–Kier alpha value is -1.44. The molecule has 0 saturated carbocycles. The van der Waals surface area contributed by atoms with Gasteiger partial charge >= 0.3 is 0 Å². The van der Waals surface area contributed by atoms with Crippen LogP contribution in [-0.2, 0) is 0 Å². The number of ether oxygens (including phenoxy) is 2. The van der Waals surface area contributed by atoms with Crippen molar-refractivity contribution >= 4 is 6.08 Å². The van der Waals surface area contributed by atoms with Gasteiger partial charge in [-0.1, -0.05) is 18.2 Å². The summed E-state index contributed by atoms with van der Waals surface area (Å²) in [5, 5.41) is 0. The first-order chi connectivity index (χ1) is 7.31. The molecule has 0 saturated heterocycles. The normalized spacial score (nSPS) is 10.6. The van der Waals surface area contributed by atoms with Crippen molar-refractivity contribution in [2.24, 2.45) is 0 Å². The zero-order valence-corrected chi connectivity index (χ0v) is 9.62. The molecule has 0 aromatic heterocycles. The van der Waals surface area contributed by atoms with Gasteiger partial charge in [0.2, 0.25) is 0 Å². The molecular weight excluding hydrogens is 188 g/mol. The zero-order valence-electron chi connectivity index (χ0n) is 9.62. The van der Waals surface area contributed by atoms with Crippen LogP contribution in [0, 0.1) is 0 Å². The second-order valence-electron chi connectivity index (χ2n) is 3.07. The maximum absolute atomic E-state index is 5.52. The number of hydrogen-bond donors (Lipinski definition) is 0. The maximum atomic E-state index is 5.52. The van der Waals surface area contributed by atoms with Gasteiger partial charge in [0.1, 0.15) is 0 Å². The van der Waals surface area contributed by atoms with Gasteiger partial charge in [0.05, 0.1) is 13.2 Å². The fraction of sp³-hybridized carbons (Fsp3) is 0.385. The minimum absolute atomic E-state index is 0.652. The number of benzene rings is 1. The van der Waals surface area contributed by atoms with Crippen molar-refractivity contribution in [3.05, 3.63) is 29.8 Å². The quantitative estimate of drug-likeness (QED) is 0.734. The van der Waals surface area contributed by atoms with E-state index in [-0.39, 0.29) is 0 Å². The molecule has 0 aliphatic heterocycles. The Morgan fingerprint density at radius 1 is 1.07 bits per heavy atom. The van der Waals surface area contributed by atoms with E-state index in [0.29, 0.717) is 13.2 Å². The molecule has 0 atom stereocenters. The SMILES string of the molecule is CC=Cc1ccc(OCC)c(OCC)c1. The summed E-state index contributed by atoms with van der Waals surface area (Å²) in [6.45, 7) is 7.24. The summed E-state index contributed by atoms with van der Waals surface area (Å²) in [6.07, 6.45) is 4.05. The van der Waals surface area contributed by atoms with Crippen molar-refractivity contribution in [3.8, 4) is 11.5 Å². The van der Waals surface area contributed by atoms with Crippen LogP contribution in [-0.4, -0.2) is 13.2 Å². The van der Waals surface area contributed by atoms with Crippen molar-refractivity contribution < 1.29 is 9.47 Å². The van der Waals surface area contributed by atoms with Crippen LogP contribution in [0.5, 0.6) is 11.5 Å². The van der Waals surface area contributed by atoms with Gasteiger partial charge in [-0.3, -0.25) is 0 Å². The molecule has 0 N–H and O–H groups in total. The van der Waals surface area contributed by atoms with Crippen LogP contribution in [0.3, 0.4) is 0 Å². The van der Waals surface area contributed by atoms with Crippen molar-refractivity contribution in [3.63, 3.8) is 0 Å². The molecule has 2 heteroatoms. The summed E-state index contributed by atoms with van der Waals surface area (Å²) in [5.74, 6) is 1.63. The predicted octanol–water partition coefficient (Wildman–Crippen LogP) is 3.52. The lowest BCUT2D eigenvalue weighted by Crippen LogP contribution is -1.98. The minimum Gasteiger partial charge on any atom is -0.490 e. The molecule has 1 aromatic rings. The summed E-state index contributed by atoms with van der Waals surface area (Å²) in [5.41, 5.74) is 1.13. The molecule has 2 nitrogen and oxygen atoms in total. The van der Waals surface area contributed by atoms with Crippen LogP contribution >= 0.6 is 0 Å². The number of hydrogen-bond acceptors (Lipinski definition) is 2. The predicted molar refractivity (Wildman–Crippen MR) is 63.5 cm³/mol. The smallest absolute Gasteiger partial charge is 0.161 e. The highest BCUT2D eigenvalue weighted by atomic mass is 16.5. The van der Waals surface area contributed by atoms with Crippen LogP contribution in [0.15, 0.2) is 24.3 Å². The molecule has 0 aliphatic rings. The van der Waals surface area contributed by atoms with E-state index in [2.05, 4.69) is 0 Å². The van der Waals surface area contributed by atoms with E-state index < -0.39 is 0 Å². The Balaban J connectivity index is 2.97. The van der Waals surface area contributed by atoms with Gasteiger partial charge in [0.15, 0.2) is 11.5 Å². The largest absolute Gasteiger partial charge is 0.490 e. The Kier molecular flexibility index (Phi) is 4.75. The summed E-state index contributed by atoms with van der Waals surface area (Å²) in [4.78, 5) is 0. The molecule has 0 spiro atoms. The molecule has 1 rings (SSSR count). The van der Waals surface area contributed by atoms with Gasteiger partial charge in [-0.2, -0.15) is 0 Å². The average molecular weight is 206 g/mol. The average Bonchev–Trinajstić information content (AvgIpc) is 2.23. The lowest BCUT2D eigenvalue weighted by molar-refractivity contribution is 0.287. The molecule has 0 radical (unpaired) electrons. The van der Waals surface area contributed by atoms with E-state index >= 15 is 0 Å². The van der Waals surface area contributed by atoms with Gasteiger partial charge in [-0.15, -0.1) is 0 Å². The van der Waals surface area contributed by atoms with Crippen LogP contribution in [0.4, 0.5) is 0 Å². The van der Waals surface area contributed by atoms with Crippen molar-refractivity contribution in [2.75, 3.05) is 13.2 Å². The van der Waals surface area contributed by atoms with Gasteiger partial charge in [0, 0.05) is 0 Å². The van der Waals surface area contributed by atoms with Gasteiger partial charge in [0.25, 0.3) is 0 Å². The Morgan fingerprint density at radius 3 is 2.33 bits per heavy atom. The highest BCUT2D eigenvalue weighted by Gasteiger charge is 2.04. The topological polar surface area (TPSA) is 18.5 Å². The first-order valence-electron chi connectivity index (χ1n) is 5.34. The van der Waals surface area contributed by atoms with Crippen LogP contribution in [0.1, 0.15) is 26.3 Å². The molecule has 15 heavy (non-hydrogen) atoms. The minimum atomic E-state index is 0.652. The van der Waals surface area contributed by atoms with Gasteiger partial charge in [-0.05, 0) is 38.5 Å². The van der Waals surface area contributed by atoms with E-state index in [1.165, 1.54) is 0 Å². The number of rotatable bonds is 5. The standard InChI is InChI=1S/C13H18O2/c1-4-7-11-8-9-12(14-5-2)13(10-11)15-6-3/h4,7-10H,5-6H2,1-3H3. The summed E-state index contributed by atoms with van der Waals surface area (Å²) >= 11 is 0. The molecule has 82 valence electrons. The summed E-state index contributed by atoms with van der Waals surface area (Å²) in [7, 11) is 0. The Morgan fingerprint density at radius 2 is 1.73 bits per heavy atom. The highest BCUT2D eigenvalue weighted by molar-refractivity contribution is 5.55. The Bertz CT molecular complexity index is 329. The second-order valence-corrected chi connectivity index (χ2v) is 3.07. The lowest BCUT2D eigenvalue weighted by Gasteiger charge is -2.11. The van der Waals surface area contributed by atoms with E-state index in [4.69, 9.17) is 9.47 Å². The van der Waals surface area contributed by atoms with Gasteiger partial charge in [-0.25, -0.2) is 0 Å². The molecule has 0 heterocycles. The molecule has 0 bridgehead atoms. The fourth-order valence-electron chi connectivity index (χ4n) is 1.36. The van der Waals surface area contributed by atoms with E-state index in [9.17, 15) is 0 Å². The molecule has 0 aliphatic carbocycles. The monoisotopic (exact) mass is 206 g/mol. The third kappa shape index (κ3) is 3.31. The molecule has 0 unspecified atom stereocenters. The molecule has 0 fully saturated rings. The van der Waals surface area contributed by atoms with Crippen molar-refractivity contribution in [1.82, 2.24) is 0 Å². The Labute approximate surface area is 91.5 Å². The van der Waals surface area contributed by atoms with E-state index in [1.807, 2.05) is 51.1 Å². The third-order valence-electron chi connectivity index (χ3n) is 1.93. The molecule has 1 aromatic carbocycles. The van der Waals surface area contributed by atoms with Crippen molar-refractivity contribution in [2.45, 2.75) is 20.8 Å². The van der Waals surface area contributed by atoms with E-state index in [1.54, 1.807) is 0 Å². The first kappa shape index (κ1) is 11.6. The lowest BCUT2D eigenvalue weighted by atomic mass is 10.2. The molecule has 0 amide bonds.